The van der Waals surface area contributed by atoms with Crippen molar-refractivity contribution in [3.8, 4) is 12.3 Å². The number of ether oxygens (including phenoxy) is 1. The van der Waals surface area contributed by atoms with Gasteiger partial charge in [0.1, 0.15) is 0 Å². The van der Waals surface area contributed by atoms with E-state index in [0.29, 0.717) is 0 Å². The van der Waals surface area contributed by atoms with Crippen LogP contribution in [0.5, 0.6) is 0 Å². The smallest absolute Gasteiger partial charge is 0.0749 e. The zero-order valence-electron chi connectivity index (χ0n) is 4.40. The highest BCUT2D eigenvalue weighted by Crippen LogP contribution is 2.24. The van der Waals surface area contributed by atoms with Crippen LogP contribution in [0.3, 0.4) is 0 Å². The first-order valence-electron chi connectivity index (χ1n) is 2.32. The number of rotatable bonds is 0. The summed E-state index contributed by atoms with van der Waals surface area (Å²) in [5, 5.41) is 0. The van der Waals surface area contributed by atoms with E-state index in [9.17, 15) is 0 Å². The van der Waals surface area contributed by atoms with Gasteiger partial charge in [0, 0.05) is 0 Å². The minimum Gasteiger partial charge on any atom is -0.378 e. The fourth-order valence-electron chi connectivity index (χ4n) is 0.492. The van der Waals surface area contributed by atoms with Gasteiger partial charge in [0.25, 0.3) is 0 Å². The van der Waals surface area contributed by atoms with Crippen molar-refractivity contribution < 1.29 is 4.74 Å². The van der Waals surface area contributed by atoms with Crippen molar-refractivity contribution in [1.82, 2.24) is 0 Å². The summed E-state index contributed by atoms with van der Waals surface area (Å²) in [7, 11) is 0. The summed E-state index contributed by atoms with van der Waals surface area (Å²) >= 11 is 0. The van der Waals surface area contributed by atoms with Crippen molar-refractivity contribution in [1.29, 1.82) is 0 Å². The Morgan fingerprint density at radius 2 is 2.12 bits per heavy atom. The third-order valence-electron chi connectivity index (χ3n) is 1.19. The second-order valence-corrected chi connectivity index (χ2v) is 2.20. The molecule has 0 amide bonds. The molecule has 1 rings (SSSR count). The largest absolute Gasteiger partial charge is 0.378 e. The Kier molecular flexibility index (Phi) is 2.26. The Morgan fingerprint density at radius 1 is 1.62 bits per heavy atom. The van der Waals surface area contributed by atoms with Gasteiger partial charge in [0.15, 0.2) is 0 Å². The Hall–Kier alpha value is -0.263. The molecule has 1 saturated heterocycles. The molecule has 1 aliphatic heterocycles. The average molecular weight is 128 g/mol. The van der Waals surface area contributed by atoms with Crippen molar-refractivity contribution in [2.24, 2.45) is 5.41 Å². The van der Waals surface area contributed by atoms with E-state index in [1.165, 1.54) is 0 Å². The lowest BCUT2D eigenvalue weighted by Gasteiger charge is -2.32. The molecule has 1 fully saturated rings. The molecule has 1 aliphatic rings. The lowest BCUT2D eigenvalue weighted by Crippen LogP contribution is -2.37. The molecular formula is C6H12OSi. The van der Waals surface area contributed by atoms with Crippen LogP contribution in [0.1, 0.15) is 6.92 Å². The number of hydrogen-bond acceptors (Lipinski definition) is 1. The van der Waals surface area contributed by atoms with Gasteiger partial charge in [-0.25, -0.2) is 0 Å². The van der Waals surface area contributed by atoms with Crippen LogP contribution in [0.2, 0.25) is 0 Å². The highest BCUT2D eigenvalue weighted by atomic mass is 28.1. The fraction of sp³-hybridized carbons (Fsp3) is 0.667. The van der Waals surface area contributed by atoms with E-state index in [4.69, 9.17) is 11.2 Å². The first-order valence-corrected chi connectivity index (χ1v) is 2.32. The Bertz CT molecular complexity index is 110. The van der Waals surface area contributed by atoms with Gasteiger partial charge in [-0.1, -0.05) is 5.92 Å². The van der Waals surface area contributed by atoms with Gasteiger partial charge in [-0.3, -0.25) is 0 Å². The fourth-order valence-corrected chi connectivity index (χ4v) is 0.492. The molecule has 0 bridgehead atoms. The molecule has 0 aromatic rings. The summed E-state index contributed by atoms with van der Waals surface area (Å²) in [6, 6.07) is 0. The van der Waals surface area contributed by atoms with Crippen LogP contribution >= 0.6 is 0 Å². The van der Waals surface area contributed by atoms with Gasteiger partial charge in [0.05, 0.1) is 18.6 Å². The number of terminal acetylenes is 1. The highest BCUT2D eigenvalue weighted by molar-refractivity contribution is 5.75. The lowest BCUT2D eigenvalue weighted by atomic mass is 9.90. The maximum absolute atomic E-state index is 5.14. The summed E-state index contributed by atoms with van der Waals surface area (Å²) in [4.78, 5) is 0. The molecule has 0 spiro atoms. The normalized spacial score (nSPS) is 22.0. The molecule has 8 heavy (non-hydrogen) atoms. The SMILES string of the molecule is C#CC1(C)COC1.[SiH4]. The summed E-state index contributed by atoms with van der Waals surface area (Å²) < 4.78 is 4.89. The van der Waals surface area contributed by atoms with Crippen molar-refractivity contribution in [3.05, 3.63) is 0 Å². The molecule has 46 valence electrons. The topological polar surface area (TPSA) is 9.23 Å². The highest BCUT2D eigenvalue weighted by Gasteiger charge is 2.30. The molecule has 0 radical (unpaired) electrons. The van der Waals surface area contributed by atoms with Crippen LogP contribution in [-0.4, -0.2) is 24.2 Å². The van der Waals surface area contributed by atoms with Crippen molar-refractivity contribution >= 4 is 11.0 Å². The first kappa shape index (κ1) is 7.74. The zero-order valence-corrected chi connectivity index (χ0v) is 4.40. The maximum Gasteiger partial charge on any atom is 0.0749 e. The summed E-state index contributed by atoms with van der Waals surface area (Å²) in [5.41, 5.74) is 0.0694. The van der Waals surface area contributed by atoms with E-state index in [0.717, 1.165) is 13.2 Å². The van der Waals surface area contributed by atoms with Gasteiger partial charge in [-0.05, 0) is 17.9 Å². The molecule has 2 heteroatoms. The average Bonchev–Trinajstić information content (AvgIpc) is 1.61. The second-order valence-electron chi connectivity index (χ2n) is 2.20. The van der Waals surface area contributed by atoms with Gasteiger partial charge < -0.3 is 4.74 Å². The Morgan fingerprint density at radius 3 is 2.12 bits per heavy atom. The van der Waals surface area contributed by atoms with Gasteiger partial charge in [0.2, 0.25) is 0 Å². The van der Waals surface area contributed by atoms with Crippen LogP contribution < -0.4 is 0 Å². The molecule has 0 saturated carbocycles. The first-order chi connectivity index (χ1) is 3.27. The van der Waals surface area contributed by atoms with Gasteiger partial charge in [-0.2, -0.15) is 0 Å². The van der Waals surface area contributed by atoms with E-state index in [2.05, 4.69) is 5.92 Å². The molecule has 0 aliphatic carbocycles. The van der Waals surface area contributed by atoms with E-state index >= 15 is 0 Å². The van der Waals surface area contributed by atoms with Crippen LogP contribution in [0, 0.1) is 17.8 Å². The van der Waals surface area contributed by atoms with Crippen LogP contribution in [0.15, 0.2) is 0 Å². The molecule has 0 unspecified atom stereocenters. The van der Waals surface area contributed by atoms with Crippen molar-refractivity contribution in [2.45, 2.75) is 6.92 Å². The summed E-state index contributed by atoms with van der Waals surface area (Å²) in [6.45, 7) is 3.50. The minimum atomic E-state index is 0. The standard InChI is InChI=1S/C6H8O.H4Si/c1-3-6(2)4-7-5-6;/h1H,4-5H2,2H3;1H4. The van der Waals surface area contributed by atoms with E-state index in [-0.39, 0.29) is 16.4 Å². The Labute approximate surface area is 54.4 Å². The van der Waals surface area contributed by atoms with E-state index in [1.807, 2.05) is 6.92 Å². The molecule has 1 nitrogen and oxygen atoms in total. The van der Waals surface area contributed by atoms with Crippen LogP contribution in [-0.2, 0) is 4.74 Å². The molecule has 0 aromatic carbocycles. The molecule has 0 N–H and O–H groups in total. The van der Waals surface area contributed by atoms with Crippen LogP contribution in [0.4, 0.5) is 0 Å². The van der Waals surface area contributed by atoms with E-state index in [1.54, 1.807) is 0 Å². The zero-order chi connectivity index (χ0) is 5.33. The van der Waals surface area contributed by atoms with Crippen molar-refractivity contribution in [2.75, 3.05) is 13.2 Å². The predicted molar refractivity (Wildman–Crippen MR) is 39.1 cm³/mol. The second kappa shape index (κ2) is 2.34. The van der Waals surface area contributed by atoms with E-state index < -0.39 is 0 Å². The summed E-state index contributed by atoms with van der Waals surface area (Å²) in [5.74, 6) is 2.65. The quantitative estimate of drug-likeness (QED) is 0.307. The third kappa shape index (κ3) is 1.12. The lowest BCUT2D eigenvalue weighted by molar-refractivity contribution is -0.0647. The molecule has 1 heterocycles. The summed E-state index contributed by atoms with van der Waals surface area (Å²) in [6.07, 6.45) is 5.14. The van der Waals surface area contributed by atoms with Gasteiger partial charge in [-0.15, -0.1) is 6.42 Å². The monoisotopic (exact) mass is 128 g/mol. The Balaban J connectivity index is 0.000000490. The van der Waals surface area contributed by atoms with Crippen LogP contribution in [0.25, 0.3) is 0 Å². The van der Waals surface area contributed by atoms with Crippen molar-refractivity contribution in [3.63, 3.8) is 0 Å². The molecular weight excluding hydrogens is 116 g/mol. The molecule has 0 aromatic heterocycles. The number of hydrogen-bond donors (Lipinski definition) is 0. The maximum atomic E-state index is 5.14. The van der Waals surface area contributed by atoms with Gasteiger partial charge >= 0.3 is 0 Å². The molecule has 0 atom stereocenters. The third-order valence-corrected chi connectivity index (χ3v) is 1.19. The predicted octanol–water partition coefficient (Wildman–Crippen LogP) is -0.796. The minimum absolute atomic E-state index is 0.